The van der Waals surface area contributed by atoms with Gasteiger partial charge in [-0.2, -0.15) is 0 Å². The Morgan fingerprint density at radius 2 is 1.71 bits per heavy atom. The molecule has 0 aromatic heterocycles. The van der Waals surface area contributed by atoms with Crippen LogP contribution in [0.2, 0.25) is 0 Å². The minimum absolute atomic E-state index is 0.142. The SMILES string of the molecule is CCC1Nc2ccccc2N(Cc2ccc(C(C)(C)C)cc2)C1=O. The number of nitrogens with one attached hydrogen (secondary N) is 1. The van der Waals surface area contributed by atoms with Crippen LogP contribution in [-0.2, 0) is 16.8 Å². The third-order valence-electron chi connectivity index (χ3n) is 4.66. The van der Waals surface area contributed by atoms with Crippen molar-refractivity contribution in [3.63, 3.8) is 0 Å². The van der Waals surface area contributed by atoms with E-state index >= 15 is 0 Å². The molecule has 1 aliphatic rings. The molecule has 0 saturated heterocycles. The summed E-state index contributed by atoms with van der Waals surface area (Å²) in [5, 5.41) is 3.35. The summed E-state index contributed by atoms with van der Waals surface area (Å²) < 4.78 is 0. The molecule has 1 heterocycles. The molecule has 1 atom stereocenters. The van der Waals surface area contributed by atoms with Crippen molar-refractivity contribution in [2.75, 3.05) is 10.2 Å². The zero-order valence-electron chi connectivity index (χ0n) is 15.0. The quantitative estimate of drug-likeness (QED) is 0.886. The Labute approximate surface area is 144 Å². The van der Waals surface area contributed by atoms with Crippen LogP contribution in [0.5, 0.6) is 0 Å². The van der Waals surface area contributed by atoms with Gasteiger partial charge in [0.15, 0.2) is 0 Å². The fraction of sp³-hybridized carbons (Fsp3) is 0.381. The lowest BCUT2D eigenvalue weighted by molar-refractivity contribution is -0.119. The molecule has 2 aromatic rings. The third-order valence-corrected chi connectivity index (χ3v) is 4.66. The summed E-state index contributed by atoms with van der Waals surface area (Å²) in [6.07, 6.45) is 0.784. The van der Waals surface area contributed by atoms with E-state index in [1.807, 2.05) is 36.1 Å². The van der Waals surface area contributed by atoms with Gasteiger partial charge in [0.25, 0.3) is 0 Å². The summed E-state index contributed by atoms with van der Waals surface area (Å²) in [4.78, 5) is 14.7. The van der Waals surface area contributed by atoms with Gasteiger partial charge in [-0.3, -0.25) is 4.79 Å². The summed E-state index contributed by atoms with van der Waals surface area (Å²) >= 11 is 0. The molecule has 2 aromatic carbocycles. The van der Waals surface area contributed by atoms with Gasteiger partial charge in [0.2, 0.25) is 5.91 Å². The van der Waals surface area contributed by atoms with Crippen LogP contribution in [0, 0.1) is 0 Å². The van der Waals surface area contributed by atoms with E-state index in [9.17, 15) is 4.79 Å². The molecule has 1 N–H and O–H groups in total. The van der Waals surface area contributed by atoms with Crippen molar-refractivity contribution in [2.45, 2.75) is 52.1 Å². The maximum absolute atomic E-state index is 12.8. The Balaban J connectivity index is 1.89. The number of hydrogen-bond donors (Lipinski definition) is 1. The Hall–Kier alpha value is -2.29. The molecule has 0 saturated carbocycles. The number of carbonyl (C=O) groups excluding carboxylic acids is 1. The van der Waals surface area contributed by atoms with E-state index in [0.29, 0.717) is 6.54 Å². The topological polar surface area (TPSA) is 32.3 Å². The average Bonchev–Trinajstić information content (AvgIpc) is 2.57. The number of fused-ring (bicyclic) bond motifs is 1. The molecule has 0 radical (unpaired) electrons. The number of carbonyl (C=O) groups is 1. The van der Waals surface area contributed by atoms with Gasteiger partial charge in [0, 0.05) is 0 Å². The van der Waals surface area contributed by atoms with Crippen molar-refractivity contribution < 1.29 is 4.79 Å². The average molecular weight is 322 g/mol. The predicted molar refractivity (Wildman–Crippen MR) is 100 cm³/mol. The lowest BCUT2D eigenvalue weighted by Gasteiger charge is -2.35. The van der Waals surface area contributed by atoms with Crippen LogP contribution < -0.4 is 10.2 Å². The highest BCUT2D eigenvalue weighted by Gasteiger charge is 2.31. The molecule has 0 fully saturated rings. The Morgan fingerprint density at radius 3 is 2.33 bits per heavy atom. The molecular formula is C21H26N2O. The van der Waals surface area contributed by atoms with Crippen LogP contribution in [0.1, 0.15) is 45.2 Å². The van der Waals surface area contributed by atoms with E-state index in [2.05, 4.69) is 50.4 Å². The molecule has 3 rings (SSSR count). The van der Waals surface area contributed by atoms with Crippen molar-refractivity contribution >= 4 is 17.3 Å². The fourth-order valence-electron chi connectivity index (χ4n) is 3.12. The number of nitrogens with zero attached hydrogens (tertiary/aromatic N) is 1. The second kappa shape index (κ2) is 6.31. The number of para-hydroxylation sites is 2. The first-order valence-electron chi connectivity index (χ1n) is 8.66. The van der Waals surface area contributed by atoms with E-state index in [1.54, 1.807) is 0 Å². The summed E-state index contributed by atoms with van der Waals surface area (Å²) in [6.45, 7) is 9.29. The van der Waals surface area contributed by atoms with Crippen molar-refractivity contribution in [1.82, 2.24) is 0 Å². The number of benzene rings is 2. The molecule has 1 unspecified atom stereocenters. The minimum atomic E-state index is -0.145. The fourth-order valence-corrected chi connectivity index (χ4v) is 3.12. The van der Waals surface area contributed by atoms with Crippen molar-refractivity contribution in [3.8, 4) is 0 Å². The first-order chi connectivity index (χ1) is 11.4. The lowest BCUT2D eigenvalue weighted by Crippen LogP contribution is -2.46. The van der Waals surface area contributed by atoms with Crippen LogP contribution >= 0.6 is 0 Å². The molecule has 0 aliphatic carbocycles. The summed E-state index contributed by atoms with van der Waals surface area (Å²) in [6, 6.07) is 16.5. The molecule has 1 aliphatic heterocycles. The molecule has 1 amide bonds. The van der Waals surface area contributed by atoms with E-state index in [4.69, 9.17) is 0 Å². The van der Waals surface area contributed by atoms with Crippen molar-refractivity contribution in [2.24, 2.45) is 0 Å². The summed E-state index contributed by atoms with van der Waals surface area (Å²) in [5.41, 5.74) is 4.61. The maximum atomic E-state index is 12.8. The molecule has 3 heteroatoms. The molecule has 0 spiro atoms. The van der Waals surface area contributed by atoms with Gasteiger partial charge in [-0.15, -0.1) is 0 Å². The highest BCUT2D eigenvalue weighted by molar-refractivity contribution is 6.04. The van der Waals surface area contributed by atoms with Gasteiger partial charge < -0.3 is 10.2 Å². The maximum Gasteiger partial charge on any atom is 0.249 e. The third kappa shape index (κ3) is 3.16. The second-order valence-electron chi connectivity index (χ2n) is 7.49. The monoisotopic (exact) mass is 322 g/mol. The smallest absolute Gasteiger partial charge is 0.249 e. The number of amides is 1. The Kier molecular flexibility index (Phi) is 4.35. The van der Waals surface area contributed by atoms with E-state index in [1.165, 1.54) is 5.56 Å². The van der Waals surface area contributed by atoms with Crippen LogP contribution in [0.15, 0.2) is 48.5 Å². The van der Waals surface area contributed by atoms with Gasteiger partial charge in [0.1, 0.15) is 6.04 Å². The van der Waals surface area contributed by atoms with Crippen LogP contribution in [0.4, 0.5) is 11.4 Å². The normalized spacial score (nSPS) is 17.4. The highest BCUT2D eigenvalue weighted by atomic mass is 16.2. The predicted octanol–water partition coefficient (Wildman–Crippen LogP) is 4.72. The van der Waals surface area contributed by atoms with E-state index < -0.39 is 0 Å². The number of hydrogen-bond acceptors (Lipinski definition) is 2. The van der Waals surface area contributed by atoms with Gasteiger partial charge in [0.05, 0.1) is 17.9 Å². The molecule has 0 bridgehead atoms. The second-order valence-corrected chi connectivity index (χ2v) is 7.49. The molecular weight excluding hydrogens is 296 g/mol. The Bertz CT molecular complexity index is 728. The van der Waals surface area contributed by atoms with E-state index in [-0.39, 0.29) is 17.4 Å². The van der Waals surface area contributed by atoms with Crippen LogP contribution in [0.25, 0.3) is 0 Å². The number of rotatable bonds is 3. The minimum Gasteiger partial charge on any atom is -0.372 e. The summed E-state index contributed by atoms with van der Waals surface area (Å²) in [5.74, 6) is 0.149. The standard InChI is InChI=1S/C21H26N2O/c1-5-17-20(24)23(19-9-7-6-8-18(19)22-17)14-15-10-12-16(13-11-15)21(2,3)4/h6-13,17,22H,5,14H2,1-4H3. The van der Waals surface area contributed by atoms with E-state index in [0.717, 1.165) is 23.4 Å². The van der Waals surface area contributed by atoms with Crippen molar-refractivity contribution in [3.05, 3.63) is 59.7 Å². The van der Waals surface area contributed by atoms with Gasteiger partial charge in [-0.25, -0.2) is 0 Å². The van der Waals surface area contributed by atoms with Gasteiger partial charge in [-0.05, 0) is 35.1 Å². The highest BCUT2D eigenvalue weighted by Crippen LogP contribution is 2.33. The molecule has 24 heavy (non-hydrogen) atoms. The van der Waals surface area contributed by atoms with Gasteiger partial charge >= 0.3 is 0 Å². The van der Waals surface area contributed by atoms with Crippen LogP contribution in [-0.4, -0.2) is 11.9 Å². The first-order valence-corrected chi connectivity index (χ1v) is 8.66. The largest absolute Gasteiger partial charge is 0.372 e. The zero-order valence-corrected chi connectivity index (χ0v) is 15.0. The first kappa shape index (κ1) is 16.6. The van der Waals surface area contributed by atoms with Crippen LogP contribution in [0.3, 0.4) is 0 Å². The molecule has 126 valence electrons. The van der Waals surface area contributed by atoms with Crippen molar-refractivity contribution in [1.29, 1.82) is 0 Å². The Morgan fingerprint density at radius 1 is 1.04 bits per heavy atom. The lowest BCUT2D eigenvalue weighted by atomic mass is 9.86. The molecule has 3 nitrogen and oxygen atoms in total. The summed E-state index contributed by atoms with van der Waals surface area (Å²) in [7, 11) is 0. The number of anilines is 2. The van der Waals surface area contributed by atoms with Gasteiger partial charge in [-0.1, -0.05) is 64.1 Å². The zero-order chi connectivity index (χ0) is 17.3.